The molecule has 3 aromatic heterocycles. The van der Waals surface area contributed by atoms with Crippen molar-refractivity contribution in [1.29, 1.82) is 0 Å². The van der Waals surface area contributed by atoms with Crippen molar-refractivity contribution in [1.82, 2.24) is 38.9 Å². The Morgan fingerprint density at radius 2 is 1.24 bits per heavy atom. The van der Waals surface area contributed by atoms with E-state index in [2.05, 4.69) is 85.0 Å². The van der Waals surface area contributed by atoms with E-state index in [-0.39, 0.29) is 60.5 Å². The van der Waals surface area contributed by atoms with Crippen LogP contribution in [0, 0.1) is 17.3 Å². The molecule has 9 rings (SSSR count). The fraction of sp³-hybridized carbons (Fsp3) is 0.615. The maximum absolute atomic E-state index is 15.5. The number of carbonyl (C=O) groups is 3. The normalized spacial score (nSPS) is 21.0. The van der Waals surface area contributed by atoms with Crippen LogP contribution in [-0.4, -0.2) is 132 Å². The highest BCUT2D eigenvalue weighted by Gasteiger charge is 2.57. The number of hydrogen-bond acceptors (Lipinski definition) is 18. The van der Waals surface area contributed by atoms with Crippen LogP contribution in [0.2, 0.25) is 16.6 Å². The molecule has 552 valence electrons. The van der Waals surface area contributed by atoms with Crippen LogP contribution in [0.25, 0.3) is 11.2 Å². The number of imidazole rings is 1. The molecule has 0 saturated carbocycles. The highest BCUT2D eigenvalue weighted by molar-refractivity contribution is 6.78. The van der Waals surface area contributed by atoms with Crippen molar-refractivity contribution in [2.45, 2.75) is 279 Å². The largest absolute Gasteiger partial charge is 0.529 e. The molecule has 3 aliphatic rings. The third kappa shape index (κ3) is 17.6. The van der Waals surface area contributed by atoms with Gasteiger partial charge in [0.2, 0.25) is 5.88 Å². The van der Waals surface area contributed by atoms with Crippen LogP contribution in [0.5, 0.6) is 11.6 Å². The Morgan fingerprint density at radius 1 is 0.693 bits per heavy atom. The number of fused-ring (bicyclic) bond motifs is 2. The van der Waals surface area contributed by atoms with Crippen molar-refractivity contribution < 1.29 is 56.7 Å². The molecule has 0 aliphatic carbocycles. The molecule has 1 unspecified atom stereocenters. The highest BCUT2D eigenvalue weighted by atomic mass is 28.4. The third-order valence-electron chi connectivity index (χ3n) is 19.6. The second-order valence-corrected chi connectivity index (χ2v) is 38.6. The topological polar surface area (TPSA) is 231 Å². The first-order valence-corrected chi connectivity index (χ1v) is 38.2. The average Bonchev–Trinajstić information content (AvgIpc) is 1.67. The summed E-state index contributed by atoms with van der Waals surface area (Å²) in [6, 6.07) is 27.6. The standard InChI is InChI=1S/C78H113N9O13Si/c1-24-58-51(8)41-61(93-58)85-45-53(67(82-69(85)88)100-101(48(2)3,49(4)5)50(6)7)44-84(70(89)97-74(12,13)14)43-52(35-40-60(73(9,10)11)87(71(90)98-75(15,16)17)72(91)99-76(18,19)20)42-59-63-64(96-77(21,22)95-63)68(94-59)86-47-81-62-65(79-46-80-66(62)86)83-78(54-31-27-25-28-32-54,55-33-29-26-30-34-55)56-36-38-57(92-23)39-37-56/h25-34,36-39,45-52,58-61,63-64,68H,24,35,40-44H2,1-23H3,(H,79,80,83)/t51-,52?,58+,59+,60-,61+,63+,64+,68+/m0/s1. The van der Waals surface area contributed by atoms with Gasteiger partial charge in [-0.15, -0.1) is 0 Å². The first-order valence-electron chi connectivity index (χ1n) is 36.1. The fourth-order valence-electron chi connectivity index (χ4n) is 15.2. The summed E-state index contributed by atoms with van der Waals surface area (Å²) in [6.45, 7) is 42.8. The van der Waals surface area contributed by atoms with Crippen LogP contribution in [0.4, 0.5) is 20.2 Å². The quantitative estimate of drug-likeness (QED) is 0.0337. The lowest BCUT2D eigenvalue weighted by Crippen LogP contribution is -2.53. The Morgan fingerprint density at radius 3 is 1.75 bits per heavy atom. The zero-order valence-electron chi connectivity index (χ0n) is 64.1. The number of hydrogen-bond donors (Lipinski definition) is 1. The van der Waals surface area contributed by atoms with E-state index in [4.69, 9.17) is 62.3 Å². The summed E-state index contributed by atoms with van der Waals surface area (Å²) in [7, 11) is -1.18. The minimum Gasteiger partial charge on any atom is -0.529 e. The van der Waals surface area contributed by atoms with Crippen LogP contribution in [0.15, 0.2) is 109 Å². The molecule has 3 aromatic carbocycles. The number of rotatable bonds is 24. The molecule has 22 nitrogen and oxygen atoms in total. The molecule has 3 aliphatic heterocycles. The second kappa shape index (κ2) is 30.5. The van der Waals surface area contributed by atoms with Crippen molar-refractivity contribution in [3.63, 3.8) is 0 Å². The molecule has 9 atom stereocenters. The van der Waals surface area contributed by atoms with Crippen LogP contribution in [0.1, 0.15) is 219 Å². The van der Waals surface area contributed by atoms with Crippen molar-refractivity contribution >= 4 is 43.6 Å². The van der Waals surface area contributed by atoms with Crippen molar-refractivity contribution in [2.75, 3.05) is 19.0 Å². The third-order valence-corrected chi connectivity index (χ3v) is 25.6. The zero-order valence-corrected chi connectivity index (χ0v) is 65.1. The van der Waals surface area contributed by atoms with E-state index in [0.29, 0.717) is 41.1 Å². The highest BCUT2D eigenvalue weighted by Crippen LogP contribution is 2.49. The number of methoxy groups -OCH3 is 1. The first kappa shape index (κ1) is 77.7. The SMILES string of the molecule is CC[C@H]1O[C@@H](n2cc(CN(CC(CC[C@H](N(C(=O)OC(C)(C)C)C(=O)OC(C)(C)C)C(C)(C)C)C[C@H]3O[C@@H](n4cnc5c(NC(c6ccccc6)(c6ccccc6)c6ccc(OC)cc6)ncnc54)[C@@H]4OC(C)(C)O[C@@H]43)C(=O)OC(C)(C)C)c(O[Si](C(C)C)(C(C)C)C(C)C)nc2=O)C[C@@H]1C. The molecular formula is C78H113N9O13Si. The van der Waals surface area contributed by atoms with E-state index in [1.165, 1.54) is 6.33 Å². The van der Waals surface area contributed by atoms with Gasteiger partial charge >= 0.3 is 24.0 Å². The number of nitrogens with one attached hydrogen (secondary N) is 1. The van der Waals surface area contributed by atoms with Crippen LogP contribution < -0.4 is 20.2 Å². The molecule has 6 aromatic rings. The van der Waals surface area contributed by atoms with Gasteiger partial charge in [0, 0.05) is 18.3 Å². The van der Waals surface area contributed by atoms with Gasteiger partial charge in [-0.05, 0) is 171 Å². The van der Waals surface area contributed by atoms with Gasteiger partial charge in [-0.3, -0.25) is 9.13 Å². The number of anilines is 1. The number of ether oxygens (including phenoxy) is 8. The maximum atomic E-state index is 15.5. The Labute approximate surface area is 599 Å². The number of aromatic nitrogens is 6. The number of imide groups is 1. The molecule has 0 spiro atoms. The number of amides is 3. The summed E-state index contributed by atoms with van der Waals surface area (Å²) < 4.78 is 62.8. The number of benzene rings is 3. The summed E-state index contributed by atoms with van der Waals surface area (Å²) >= 11 is 0. The van der Waals surface area contributed by atoms with Gasteiger partial charge in [-0.2, -0.15) is 4.98 Å². The van der Waals surface area contributed by atoms with E-state index in [9.17, 15) is 14.4 Å². The van der Waals surface area contributed by atoms with Crippen molar-refractivity contribution in [3.8, 4) is 11.6 Å². The summed E-state index contributed by atoms with van der Waals surface area (Å²) in [5.74, 6) is -0.112. The van der Waals surface area contributed by atoms with Gasteiger partial charge in [0.15, 0.2) is 29.0 Å². The summed E-state index contributed by atoms with van der Waals surface area (Å²) in [6.07, 6.45) is 1.08. The molecule has 0 bridgehead atoms. The molecular weight excluding hydrogens is 1300 g/mol. The first-order chi connectivity index (χ1) is 47.2. The molecule has 3 amide bonds. The molecule has 3 fully saturated rings. The lowest BCUT2D eigenvalue weighted by molar-refractivity contribution is -0.198. The van der Waals surface area contributed by atoms with Gasteiger partial charge in [-0.1, -0.05) is 149 Å². The van der Waals surface area contributed by atoms with Gasteiger partial charge < -0.3 is 52.5 Å². The molecule has 0 radical (unpaired) electrons. The minimum absolute atomic E-state index is 0.0282. The zero-order chi connectivity index (χ0) is 74.1. The van der Waals surface area contributed by atoms with Gasteiger partial charge in [0.1, 0.15) is 52.9 Å². The Bertz CT molecular complexity index is 3770. The molecule has 6 heterocycles. The predicted molar refractivity (Wildman–Crippen MR) is 392 cm³/mol. The molecule has 3 saturated heterocycles. The molecule has 1 N–H and O–H groups in total. The maximum Gasteiger partial charge on any atom is 0.420 e. The van der Waals surface area contributed by atoms with E-state index >= 15 is 4.79 Å². The summed E-state index contributed by atoms with van der Waals surface area (Å²) in [5, 5.41) is 3.91. The second-order valence-electron chi connectivity index (χ2n) is 33.2. The fourth-order valence-corrected chi connectivity index (χ4v) is 20.4. The monoisotopic (exact) mass is 1410 g/mol. The number of nitrogens with zero attached hydrogens (tertiary/aromatic N) is 8. The van der Waals surface area contributed by atoms with Crippen LogP contribution >= 0.6 is 0 Å². The summed E-state index contributed by atoms with van der Waals surface area (Å²) in [4.78, 5) is 82.1. The Kier molecular flexibility index (Phi) is 23.4. The van der Waals surface area contributed by atoms with Crippen molar-refractivity contribution in [2.24, 2.45) is 17.3 Å². The average molecular weight is 1410 g/mol. The Hall–Kier alpha value is -7.44. The lowest BCUT2D eigenvalue weighted by Gasteiger charge is -2.42. The van der Waals surface area contributed by atoms with Crippen LogP contribution in [-0.2, 0) is 45.2 Å². The Balaban J connectivity index is 1.18. The smallest absolute Gasteiger partial charge is 0.420 e. The van der Waals surface area contributed by atoms with Crippen LogP contribution in [0.3, 0.4) is 0 Å². The lowest BCUT2D eigenvalue weighted by atomic mass is 9.77. The van der Waals surface area contributed by atoms with Gasteiger partial charge in [0.05, 0.1) is 38.2 Å². The summed E-state index contributed by atoms with van der Waals surface area (Å²) in [5.41, 5.74) is -0.626. The van der Waals surface area contributed by atoms with E-state index in [0.717, 1.165) is 28.0 Å². The minimum atomic E-state index is -2.83. The predicted octanol–water partition coefficient (Wildman–Crippen LogP) is 16.9. The van der Waals surface area contributed by atoms with E-state index in [1.54, 1.807) is 70.6 Å². The van der Waals surface area contributed by atoms with E-state index < -0.39 is 109 Å². The van der Waals surface area contributed by atoms with Crippen molar-refractivity contribution in [3.05, 3.63) is 137 Å². The number of carbonyl (C=O) groups excluding carboxylic acids is 3. The van der Waals surface area contributed by atoms with Gasteiger partial charge in [0.25, 0.3) is 8.32 Å². The molecule has 101 heavy (non-hydrogen) atoms. The van der Waals surface area contributed by atoms with E-state index in [1.807, 2.05) is 121 Å². The molecule has 23 heteroatoms. The van der Waals surface area contributed by atoms with Gasteiger partial charge in [-0.25, -0.2) is 39.0 Å².